The van der Waals surface area contributed by atoms with Gasteiger partial charge in [-0.1, -0.05) is 12.1 Å². The van der Waals surface area contributed by atoms with Gasteiger partial charge in [0.15, 0.2) is 12.4 Å². The predicted molar refractivity (Wildman–Crippen MR) is 77.4 cm³/mol. The Balaban J connectivity index is 1.77. The number of benzene rings is 1. The average Bonchev–Trinajstić information content (AvgIpc) is 2.92. The quantitative estimate of drug-likeness (QED) is 0.566. The van der Waals surface area contributed by atoms with Gasteiger partial charge in [0, 0.05) is 12.1 Å². The topological polar surface area (TPSA) is 84.7 Å². The lowest BCUT2D eigenvalue weighted by Crippen LogP contribution is -2.29. The molecule has 6 nitrogen and oxygen atoms in total. The zero-order valence-electron chi connectivity index (χ0n) is 11.4. The first-order valence-corrected chi connectivity index (χ1v) is 6.58. The van der Waals surface area contributed by atoms with E-state index in [1.165, 1.54) is 24.5 Å². The lowest BCUT2D eigenvalue weighted by Gasteiger charge is -2.11. The summed E-state index contributed by atoms with van der Waals surface area (Å²) in [5, 5.41) is 13.8. The van der Waals surface area contributed by atoms with Crippen LogP contribution < -0.4 is 10.0 Å². The fourth-order valence-corrected chi connectivity index (χ4v) is 2.09. The monoisotopic (exact) mass is 282 g/mol. The first-order valence-electron chi connectivity index (χ1n) is 6.58. The van der Waals surface area contributed by atoms with E-state index in [-0.39, 0.29) is 11.9 Å². The molecule has 0 aliphatic carbocycles. The molecule has 0 aliphatic heterocycles. The molecular formula is C15H14N4O2. The Morgan fingerprint density at radius 1 is 1.29 bits per heavy atom. The highest BCUT2D eigenvalue weighted by atomic mass is 16.5. The fraction of sp³-hybridized carbons (Fsp3) is 0.133. The largest absolute Gasteiger partial charge is 0.619 e. The van der Waals surface area contributed by atoms with E-state index in [1.807, 2.05) is 31.2 Å². The summed E-state index contributed by atoms with van der Waals surface area (Å²) in [5.41, 5.74) is 2.23. The van der Waals surface area contributed by atoms with Crippen LogP contribution in [-0.2, 0) is 0 Å². The van der Waals surface area contributed by atoms with Crippen LogP contribution in [0.1, 0.15) is 29.1 Å². The molecule has 21 heavy (non-hydrogen) atoms. The second-order valence-electron chi connectivity index (χ2n) is 4.78. The molecule has 3 rings (SSSR count). The number of hydrogen-bond donors (Lipinski definition) is 2. The van der Waals surface area contributed by atoms with Crippen LogP contribution in [0.25, 0.3) is 11.0 Å². The molecule has 6 heteroatoms. The van der Waals surface area contributed by atoms with Gasteiger partial charge in [0.2, 0.25) is 0 Å². The molecule has 1 amide bonds. The van der Waals surface area contributed by atoms with Gasteiger partial charge in [0.25, 0.3) is 5.91 Å². The molecule has 1 unspecified atom stereocenters. The molecule has 0 fully saturated rings. The van der Waals surface area contributed by atoms with Gasteiger partial charge < -0.3 is 15.5 Å². The predicted octanol–water partition coefficient (Wildman–Crippen LogP) is 1.69. The highest BCUT2D eigenvalue weighted by Gasteiger charge is 2.15. The van der Waals surface area contributed by atoms with Gasteiger partial charge >= 0.3 is 0 Å². The molecule has 3 aromatic rings. The number of carbonyl (C=O) groups excluding carboxylic acids is 1. The van der Waals surface area contributed by atoms with Crippen molar-refractivity contribution in [1.29, 1.82) is 0 Å². The maximum Gasteiger partial charge on any atom is 0.252 e. The third-order valence-corrected chi connectivity index (χ3v) is 3.23. The van der Waals surface area contributed by atoms with Crippen LogP contribution in [0.15, 0.2) is 48.8 Å². The number of amides is 1. The van der Waals surface area contributed by atoms with Crippen LogP contribution in [0.2, 0.25) is 0 Å². The standard InChI is InChI=1S/C15H14N4O2/c1-10(14-17-12-4-2-3-5-13(12)18-14)16-15(20)11-6-8-19(21)9-7-11/h2-10H,1H3,(H,16,20)(H,17,18). The van der Waals surface area contributed by atoms with Gasteiger partial charge in [-0.05, 0) is 19.1 Å². The molecule has 0 radical (unpaired) electrons. The van der Waals surface area contributed by atoms with E-state index in [0.717, 1.165) is 11.0 Å². The Morgan fingerprint density at radius 2 is 2.00 bits per heavy atom. The molecule has 0 saturated heterocycles. The molecule has 0 aliphatic rings. The maximum atomic E-state index is 12.1. The van der Waals surface area contributed by atoms with Gasteiger partial charge in [0.05, 0.1) is 22.6 Å². The van der Waals surface area contributed by atoms with Crippen molar-refractivity contribution in [3.05, 3.63) is 65.4 Å². The van der Waals surface area contributed by atoms with E-state index in [1.54, 1.807) is 0 Å². The number of nitrogens with one attached hydrogen (secondary N) is 2. The molecule has 0 bridgehead atoms. The SMILES string of the molecule is CC(NC(=O)c1cc[n+]([O-])cc1)c1nc2ccccc2[nH]1. The highest BCUT2D eigenvalue weighted by molar-refractivity contribution is 5.94. The van der Waals surface area contributed by atoms with Crippen molar-refractivity contribution in [3.8, 4) is 0 Å². The van der Waals surface area contributed by atoms with Crippen molar-refractivity contribution >= 4 is 16.9 Å². The minimum atomic E-state index is -0.260. The number of carbonyl (C=O) groups is 1. The number of fused-ring (bicyclic) bond motifs is 1. The number of pyridine rings is 1. The third-order valence-electron chi connectivity index (χ3n) is 3.23. The van der Waals surface area contributed by atoms with Crippen molar-refractivity contribution in [2.75, 3.05) is 0 Å². The summed E-state index contributed by atoms with van der Waals surface area (Å²) < 4.78 is 0.638. The van der Waals surface area contributed by atoms with E-state index in [9.17, 15) is 10.0 Å². The molecule has 2 N–H and O–H groups in total. The van der Waals surface area contributed by atoms with Crippen molar-refractivity contribution in [3.63, 3.8) is 0 Å². The lowest BCUT2D eigenvalue weighted by atomic mass is 10.2. The van der Waals surface area contributed by atoms with Gasteiger partial charge in [0.1, 0.15) is 5.82 Å². The number of nitrogens with zero attached hydrogens (tertiary/aromatic N) is 2. The summed E-state index contributed by atoms with van der Waals surface area (Å²) in [6, 6.07) is 10.4. The number of H-pyrrole nitrogens is 1. The Kier molecular flexibility index (Phi) is 3.27. The summed E-state index contributed by atoms with van der Waals surface area (Å²) >= 11 is 0. The first-order chi connectivity index (χ1) is 10.1. The van der Waals surface area contributed by atoms with Gasteiger partial charge in [-0.2, -0.15) is 4.73 Å². The molecule has 1 aromatic carbocycles. The van der Waals surface area contributed by atoms with E-state index >= 15 is 0 Å². The van der Waals surface area contributed by atoms with Crippen molar-refractivity contribution in [1.82, 2.24) is 15.3 Å². The minimum absolute atomic E-state index is 0.247. The molecular weight excluding hydrogens is 268 g/mol. The molecule has 0 saturated carbocycles. The number of aromatic nitrogens is 3. The van der Waals surface area contributed by atoms with E-state index < -0.39 is 0 Å². The molecule has 106 valence electrons. The second-order valence-corrected chi connectivity index (χ2v) is 4.78. The summed E-state index contributed by atoms with van der Waals surface area (Å²) in [5.74, 6) is 0.447. The Bertz CT molecular complexity index is 747. The number of hydrogen-bond acceptors (Lipinski definition) is 3. The van der Waals surface area contributed by atoms with Crippen LogP contribution in [-0.4, -0.2) is 15.9 Å². The van der Waals surface area contributed by atoms with Gasteiger partial charge in [-0.15, -0.1) is 0 Å². The summed E-state index contributed by atoms with van der Waals surface area (Å²) in [7, 11) is 0. The number of para-hydroxylation sites is 2. The van der Waals surface area contributed by atoms with Crippen LogP contribution >= 0.6 is 0 Å². The zero-order valence-corrected chi connectivity index (χ0v) is 11.4. The fourth-order valence-electron chi connectivity index (χ4n) is 2.09. The maximum absolute atomic E-state index is 12.1. The smallest absolute Gasteiger partial charge is 0.252 e. The van der Waals surface area contributed by atoms with Crippen LogP contribution in [0, 0.1) is 5.21 Å². The summed E-state index contributed by atoms with van der Waals surface area (Å²) in [6.07, 6.45) is 2.58. The van der Waals surface area contributed by atoms with Crippen LogP contribution in [0.4, 0.5) is 0 Å². The highest BCUT2D eigenvalue weighted by Crippen LogP contribution is 2.15. The van der Waals surface area contributed by atoms with Gasteiger partial charge in [-0.3, -0.25) is 4.79 Å². The number of aromatic amines is 1. The Morgan fingerprint density at radius 3 is 2.71 bits per heavy atom. The number of imidazole rings is 1. The summed E-state index contributed by atoms with van der Waals surface area (Å²) in [6.45, 7) is 1.85. The normalized spacial score (nSPS) is 12.2. The van der Waals surface area contributed by atoms with Crippen molar-refractivity contribution < 1.29 is 9.52 Å². The summed E-state index contributed by atoms with van der Waals surface area (Å²) in [4.78, 5) is 19.7. The molecule has 2 aromatic heterocycles. The first kappa shape index (κ1) is 13.1. The van der Waals surface area contributed by atoms with Crippen LogP contribution in [0.5, 0.6) is 0 Å². The van der Waals surface area contributed by atoms with E-state index in [4.69, 9.17) is 0 Å². The third kappa shape index (κ3) is 2.69. The second kappa shape index (κ2) is 5.24. The van der Waals surface area contributed by atoms with Gasteiger partial charge in [-0.25, -0.2) is 4.98 Å². The molecule has 2 heterocycles. The Labute approximate surface area is 121 Å². The lowest BCUT2D eigenvalue weighted by molar-refractivity contribution is -0.605. The zero-order chi connectivity index (χ0) is 14.8. The van der Waals surface area contributed by atoms with Crippen molar-refractivity contribution in [2.24, 2.45) is 0 Å². The Hall–Kier alpha value is -2.89. The molecule has 0 spiro atoms. The van der Waals surface area contributed by atoms with Crippen molar-refractivity contribution in [2.45, 2.75) is 13.0 Å². The van der Waals surface area contributed by atoms with Crippen LogP contribution in [0.3, 0.4) is 0 Å². The van der Waals surface area contributed by atoms with E-state index in [0.29, 0.717) is 16.1 Å². The molecule has 1 atom stereocenters. The average molecular weight is 282 g/mol. The number of rotatable bonds is 3. The van der Waals surface area contributed by atoms with E-state index in [2.05, 4.69) is 15.3 Å². The minimum Gasteiger partial charge on any atom is -0.619 e.